The topological polar surface area (TPSA) is 60.1 Å². The fraction of sp³-hybridized carbons (Fsp3) is 0.143. The van der Waals surface area contributed by atoms with Gasteiger partial charge in [0, 0.05) is 12.7 Å². The van der Waals surface area contributed by atoms with Crippen molar-refractivity contribution in [3.05, 3.63) is 52.3 Å². The molecule has 1 amide bonds. The minimum absolute atomic E-state index is 0.230. The van der Waals surface area contributed by atoms with Crippen molar-refractivity contribution < 1.29 is 9.21 Å². The molecule has 3 heterocycles. The summed E-state index contributed by atoms with van der Waals surface area (Å²) in [6.07, 6.45) is 1.91. The summed E-state index contributed by atoms with van der Waals surface area (Å²) in [7, 11) is 0. The molecule has 21 heavy (non-hydrogen) atoms. The van der Waals surface area contributed by atoms with Gasteiger partial charge in [0.05, 0.1) is 11.4 Å². The lowest BCUT2D eigenvalue weighted by atomic mass is 10.3. The third-order valence-corrected chi connectivity index (χ3v) is 4.16. The van der Waals surface area contributed by atoms with Crippen LogP contribution >= 0.6 is 27.3 Å². The fourth-order valence-electron chi connectivity index (χ4n) is 1.85. The van der Waals surface area contributed by atoms with Crippen LogP contribution in [-0.2, 0) is 6.54 Å². The van der Waals surface area contributed by atoms with E-state index in [4.69, 9.17) is 4.42 Å². The van der Waals surface area contributed by atoms with Gasteiger partial charge in [-0.3, -0.25) is 9.48 Å². The van der Waals surface area contributed by atoms with Gasteiger partial charge >= 0.3 is 0 Å². The second kappa shape index (κ2) is 6.28. The van der Waals surface area contributed by atoms with E-state index >= 15 is 0 Å². The molecule has 0 aliphatic rings. The van der Waals surface area contributed by atoms with Gasteiger partial charge in [0.2, 0.25) is 0 Å². The normalized spacial score (nSPS) is 10.7. The monoisotopic (exact) mass is 365 g/mol. The number of rotatable bonds is 5. The SMILES string of the molecule is O=C(NCCn1ccc(-c2cccs2)n1)c1ccc(Br)o1. The standard InChI is InChI=1S/C14H12BrN3O2S/c15-13-4-3-11(20-13)14(19)16-6-8-18-7-5-10(17-18)12-2-1-9-21-12/h1-5,7,9H,6,8H2,(H,16,19). The smallest absolute Gasteiger partial charge is 0.287 e. The third kappa shape index (κ3) is 3.43. The lowest BCUT2D eigenvalue weighted by molar-refractivity contribution is 0.0923. The van der Waals surface area contributed by atoms with Crippen molar-refractivity contribution in [2.75, 3.05) is 6.54 Å². The molecule has 0 aromatic carbocycles. The molecular formula is C14H12BrN3O2S. The summed E-state index contributed by atoms with van der Waals surface area (Å²) in [5.74, 6) is 0.0629. The van der Waals surface area contributed by atoms with E-state index in [1.807, 2.05) is 34.5 Å². The number of halogens is 1. The van der Waals surface area contributed by atoms with E-state index in [0.29, 0.717) is 23.5 Å². The molecule has 5 nitrogen and oxygen atoms in total. The Bertz CT molecular complexity index is 733. The van der Waals surface area contributed by atoms with E-state index in [1.165, 1.54) is 0 Å². The number of hydrogen-bond donors (Lipinski definition) is 1. The Morgan fingerprint density at radius 1 is 1.38 bits per heavy atom. The van der Waals surface area contributed by atoms with E-state index < -0.39 is 0 Å². The van der Waals surface area contributed by atoms with Crippen molar-refractivity contribution in [3.63, 3.8) is 0 Å². The lowest BCUT2D eigenvalue weighted by Crippen LogP contribution is -2.27. The number of carbonyl (C=O) groups is 1. The Kier molecular flexibility index (Phi) is 4.21. The molecule has 0 unspecified atom stereocenters. The summed E-state index contributed by atoms with van der Waals surface area (Å²) in [6.45, 7) is 1.10. The maximum Gasteiger partial charge on any atom is 0.287 e. The van der Waals surface area contributed by atoms with E-state index in [2.05, 4.69) is 26.3 Å². The van der Waals surface area contributed by atoms with Gasteiger partial charge in [0.1, 0.15) is 5.69 Å². The lowest BCUT2D eigenvalue weighted by Gasteiger charge is -2.03. The number of furan rings is 1. The molecule has 0 bridgehead atoms. The molecule has 3 aromatic heterocycles. The molecule has 108 valence electrons. The molecule has 7 heteroatoms. The van der Waals surface area contributed by atoms with Gasteiger partial charge in [-0.1, -0.05) is 6.07 Å². The van der Waals surface area contributed by atoms with Gasteiger partial charge in [-0.2, -0.15) is 5.10 Å². The van der Waals surface area contributed by atoms with Crippen LogP contribution in [0.1, 0.15) is 10.6 Å². The molecule has 0 fully saturated rings. The predicted molar refractivity (Wildman–Crippen MR) is 84.3 cm³/mol. The molecule has 0 saturated heterocycles. The number of carbonyl (C=O) groups excluding carboxylic acids is 1. The average molecular weight is 366 g/mol. The molecule has 0 aliphatic heterocycles. The molecule has 0 radical (unpaired) electrons. The number of amides is 1. The maximum atomic E-state index is 11.8. The van der Waals surface area contributed by atoms with Crippen molar-refractivity contribution in [2.24, 2.45) is 0 Å². The second-order valence-corrected chi connectivity index (χ2v) is 6.03. The van der Waals surface area contributed by atoms with Crippen LogP contribution in [0.25, 0.3) is 10.6 Å². The summed E-state index contributed by atoms with van der Waals surface area (Å²) < 4.78 is 7.54. The van der Waals surface area contributed by atoms with Crippen molar-refractivity contribution in [2.45, 2.75) is 6.54 Å². The third-order valence-electron chi connectivity index (χ3n) is 2.84. The van der Waals surface area contributed by atoms with Crippen LogP contribution in [-0.4, -0.2) is 22.2 Å². The van der Waals surface area contributed by atoms with E-state index in [9.17, 15) is 4.79 Å². The molecule has 3 aromatic rings. The molecular weight excluding hydrogens is 354 g/mol. The van der Waals surface area contributed by atoms with Gasteiger partial charge in [0.25, 0.3) is 5.91 Å². The average Bonchev–Trinajstić information content (AvgIpc) is 3.19. The van der Waals surface area contributed by atoms with Crippen LogP contribution in [0.3, 0.4) is 0 Å². The number of aromatic nitrogens is 2. The molecule has 1 N–H and O–H groups in total. The first kappa shape index (κ1) is 14.1. The molecule has 3 rings (SSSR count). The first-order chi connectivity index (χ1) is 10.2. The van der Waals surface area contributed by atoms with Crippen molar-refractivity contribution >= 4 is 33.2 Å². The Morgan fingerprint density at radius 2 is 2.29 bits per heavy atom. The fourth-order valence-corrected chi connectivity index (χ4v) is 2.85. The number of thiophene rings is 1. The first-order valence-corrected chi connectivity index (χ1v) is 8.00. The van der Waals surface area contributed by atoms with Crippen molar-refractivity contribution in [1.29, 1.82) is 0 Å². The summed E-state index contributed by atoms with van der Waals surface area (Å²) in [5.41, 5.74) is 0.950. The van der Waals surface area contributed by atoms with E-state index in [1.54, 1.807) is 23.5 Å². The summed E-state index contributed by atoms with van der Waals surface area (Å²) in [6, 6.07) is 9.32. The highest BCUT2D eigenvalue weighted by Gasteiger charge is 2.09. The van der Waals surface area contributed by atoms with Crippen LogP contribution in [0, 0.1) is 0 Å². The minimum atomic E-state index is -0.230. The molecule has 0 atom stereocenters. The zero-order chi connectivity index (χ0) is 14.7. The Hall–Kier alpha value is -1.86. The highest BCUT2D eigenvalue weighted by molar-refractivity contribution is 9.10. The number of nitrogens with one attached hydrogen (secondary N) is 1. The van der Waals surface area contributed by atoms with Crippen LogP contribution in [0.2, 0.25) is 0 Å². The van der Waals surface area contributed by atoms with Crippen LogP contribution < -0.4 is 5.32 Å². The Morgan fingerprint density at radius 3 is 3.00 bits per heavy atom. The summed E-state index contributed by atoms with van der Waals surface area (Å²) >= 11 is 4.82. The number of nitrogens with zero attached hydrogens (tertiary/aromatic N) is 2. The molecule has 0 spiro atoms. The predicted octanol–water partition coefficient (Wildman–Crippen LogP) is 3.40. The second-order valence-electron chi connectivity index (χ2n) is 4.30. The maximum absolute atomic E-state index is 11.8. The summed E-state index contributed by atoms with van der Waals surface area (Å²) in [4.78, 5) is 12.9. The van der Waals surface area contributed by atoms with Gasteiger partial charge in [0.15, 0.2) is 10.4 Å². The van der Waals surface area contributed by atoms with E-state index in [0.717, 1.165) is 10.6 Å². The van der Waals surface area contributed by atoms with E-state index in [-0.39, 0.29) is 5.91 Å². The molecule has 0 saturated carbocycles. The Labute approximate surface area is 133 Å². The zero-order valence-electron chi connectivity index (χ0n) is 11.0. The van der Waals surface area contributed by atoms with Crippen LogP contribution in [0.4, 0.5) is 0 Å². The van der Waals surface area contributed by atoms with Crippen molar-refractivity contribution in [1.82, 2.24) is 15.1 Å². The highest BCUT2D eigenvalue weighted by Crippen LogP contribution is 2.22. The highest BCUT2D eigenvalue weighted by atomic mass is 79.9. The van der Waals surface area contributed by atoms with Crippen LogP contribution in [0.15, 0.2) is 51.0 Å². The summed E-state index contributed by atoms with van der Waals surface area (Å²) in [5, 5.41) is 9.29. The minimum Gasteiger partial charge on any atom is -0.444 e. The largest absolute Gasteiger partial charge is 0.444 e. The van der Waals surface area contributed by atoms with Crippen LogP contribution in [0.5, 0.6) is 0 Å². The van der Waals surface area contributed by atoms with Gasteiger partial charge in [-0.15, -0.1) is 11.3 Å². The van der Waals surface area contributed by atoms with Gasteiger partial charge < -0.3 is 9.73 Å². The van der Waals surface area contributed by atoms with Crippen molar-refractivity contribution in [3.8, 4) is 10.6 Å². The van der Waals surface area contributed by atoms with Gasteiger partial charge in [-0.05, 0) is 45.6 Å². The quantitative estimate of drug-likeness (QED) is 0.753. The first-order valence-electron chi connectivity index (χ1n) is 6.33. The van der Waals surface area contributed by atoms with Gasteiger partial charge in [-0.25, -0.2) is 0 Å². The Balaban J connectivity index is 1.53. The number of hydrogen-bond acceptors (Lipinski definition) is 4. The molecule has 0 aliphatic carbocycles. The zero-order valence-corrected chi connectivity index (χ0v) is 13.4.